The van der Waals surface area contributed by atoms with Crippen LogP contribution in [0.2, 0.25) is 0 Å². The number of benzene rings is 1. The Hall–Kier alpha value is -2.63. The van der Waals surface area contributed by atoms with Gasteiger partial charge >= 0.3 is 0 Å². The fraction of sp³-hybridized carbons (Fsp3) is 0.353. The molecule has 0 saturated heterocycles. The molecule has 0 radical (unpaired) electrons. The fourth-order valence-corrected chi connectivity index (χ4v) is 2.51. The summed E-state index contributed by atoms with van der Waals surface area (Å²) in [6.45, 7) is 1.88. The number of hydrogen-bond acceptors (Lipinski definition) is 5. The molecule has 1 aromatic heterocycles. The van der Waals surface area contributed by atoms with Gasteiger partial charge in [-0.1, -0.05) is 6.42 Å². The van der Waals surface area contributed by atoms with E-state index in [4.69, 9.17) is 9.47 Å². The van der Waals surface area contributed by atoms with E-state index in [0.29, 0.717) is 23.1 Å². The summed E-state index contributed by atoms with van der Waals surface area (Å²) in [7, 11) is 1.58. The Morgan fingerprint density at radius 1 is 1.30 bits per heavy atom. The molecule has 3 rings (SSSR count). The van der Waals surface area contributed by atoms with Crippen LogP contribution in [0.1, 0.15) is 24.8 Å². The number of nitrogens with one attached hydrogen (secondary N) is 1. The topological polar surface area (TPSA) is 73.3 Å². The minimum absolute atomic E-state index is 0.0524. The molecule has 0 aliphatic heterocycles. The van der Waals surface area contributed by atoms with Crippen LogP contribution in [0, 0.1) is 12.8 Å². The molecule has 1 aromatic carbocycles. The highest BCUT2D eigenvalue weighted by Crippen LogP contribution is 2.37. The van der Waals surface area contributed by atoms with Crippen molar-refractivity contribution >= 4 is 11.6 Å². The first-order valence-electron chi connectivity index (χ1n) is 7.63. The average Bonchev–Trinajstić information content (AvgIpc) is 2.49. The second-order valence-corrected chi connectivity index (χ2v) is 5.55. The molecular weight excluding hydrogens is 294 g/mol. The molecule has 6 nitrogen and oxygen atoms in total. The lowest BCUT2D eigenvalue weighted by Crippen LogP contribution is -2.28. The van der Waals surface area contributed by atoms with Crippen LogP contribution in [0.4, 0.5) is 5.69 Å². The van der Waals surface area contributed by atoms with Gasteiger partial charge in [-0.05, 0) is 38.0 Å². The van der Waals surface area contributed by atoms with Gasteiger partial charge in [0, 0.05) is 23.7 Å². The van der Waals surface area contributed by atoms with Crippen molar-refractivity contribution in [3.8, 4) is 17.4 Å². The van der Waals surface area contributed by atoms with E-state index in [1.165, 1.54) is 0 Å². The Labute approximate surface area is 134 Å². The number of carbonyl (C=O) groups is 1. The Morgan fingerprint density at radius 3 is 2.74 bits per heavy atom. The van der Waals surface area contributed by atoms with E-state index >= 15 is 0 Å². The first-order valence-corrected chi connectivity index (χ1v) is 7.63. The van der Waals surface area contributed by atoms with E-state index < -0.39 is 0 Å². The van der Waals surface area contributed by atoms with E-state index in [1.54, 1.807) is 37.6 Å². The minimum Gasteiger partial charge on any atom is -0.494 e. The zero-order valence-corrected chi connectivity index (χ0v) is 13.2. The van der Waals surface area contributed by atoms with Crippen molar-refractivity contribution in [2.24, 2.45) is 5.92 Å². The molecular formula is C17H19N3O3. The lowest BCUT2D eigenvalue weighted by Gasteiger charge is -2.25. The van der Waals surface area contributed by atoms with Crippen molar-refractivity contribution in [3.05, 3.63) is 36.0 Å². The summed E-state index contributed by atoms with van der Waals surface area (Å²) in [4.78, 5) is 12.1. The lowest BCUT2D eigenvalue weighted by molar-refractivity contribution is -0.122. The van der Waals surface area contributed by atoms with Gasteiger partial charge in [-0.3, -0.25) is 4.79 Å². The minimum atomic E-state index is 0.0524. The molecule has 1 fully saturated rings. The van der Waals surface area contributed by atoms with Crippen LogP contribution in [0.5, 0.6) is 17.4 Å². The molecule has 1 aliphatic rings. The van der Waals surface area contributed by atoms with E-state index in [-0.39, 0.29) is 11.8 Å². The summed E-state index contributed by atoms with van der Waals surface area (Å²) in [5.41, 5.74) is 1.46. The summed E-state index contributed by atoms with van der Waals surface area (Å²) < 4.78 is 11.2. The van der Waals surface area contributed by atoms with Crippen LogP contribution in [0.15, 0.2) is 30.5 Å². The average molecular weight is 313 g/mol. The number of methoxy groups -OCH3 is 1. The van der Waals surface area contributed by atoms with Gasteiger partial charge in [0.05, 0.1) is 12.8 Å². The summed E-state index contributed by atoms with van der Waals surface area (Å²) in [6.07, 6.45) is 4.63. The smallest absolute Gasteiger partial charge is 0.238 e. The zero-order chi connectivity index (χ0) is 16.2. The Kier molecular flexibility index (Phi) is 4.41. The predicted molar refractivity (Wildman–Crippen MR) is 85.8 cm³/mol. The van der Waals surface area contributed by atoms with Gasteiger partial charge in [-0.25, -0.2) is 0 Å². The quantitative estimate of drug-likeness (QED) is 0.916. The maximum atomic E-state index is 12.1. The van der Waals surface area contributed by atoms with Gasteiger partial charge < -0.3 is 14.8 Å². The van der Waals surface area contributed by atoms with Crippen molar-refractivity contribution in [3.63, 3.8) is 0 Å². The molecule has 1 aliphatic carbocycles. The molecule has 1 saturated carbocycles. The van der Waals surface area contributed by atoms with Crippen LogP contribution in [-0.2, 0) is 4.79 Å². The molecule has 0 unspecified atom stereocenters. The molecule has 1 heterocycles. The third kappa shape index (κ3) is 3.26. The van der Waals surface area contributed by atoms with E-state index in [0.717, 1.165) is 24.8 Å². The standard InChI is InChI=1S/C17H19N3O3/c1-11-14(23-15-7-4-10-18-20-15)9-8-13(16(11)22-2)19-17(21)12-5-3-6-12/h4,7-10,12H,3,5-6H2,1-2H3,(H,19,21). The van der Waals surface area contributed by atoms with Gasteiger partial charge in [-0.15, -0.1) is 5.10 Å². The summed E-state index contributed by atoms with van der Waals surface area (Å²) >= 11 is 0. The number of hydrogen-bond donors (Lipinski definition) is 1. The maximum Gasteiger partial charge on any atom is 0.238 e. The van der Waals surface area contributed by atoms with Crippen molar-refractivity contribution in [1.82, 2.24) is 10.2 Å². The Morgan fingerprint density at radius 2 is 2.13 bits per heavy atom. The molecule has 0 spiro atoms. The monoisotopic (exact) mass is 313 g/mol. The third-order valence-corrected chi connectivity index (χ3v) is 4.06. The van der Waals surface area contributed by atoms with Crippen molar-refractivity contribution in [2.75, 3.05) is 12.4 Å². The van der Waals surface area contributed by atoms with Crippen molar-refractivity contribution in [1.29, 1.82) is 0 Å². The van der Waals surface area contributed by atoms with E-state index in [2.05, 4.69) is 15.5 Å². The Bertz CT molecular complexity index is 700. The molecule has 23 heavy (non-hydrogen) atoms. The lowest BCUT2D eigenvalue weighted by atomic mass is 9.85. The first kappa shape index (κ1) is 15.3. The molecule has 6 heteroatoms. The maximum absolute atomic E-state index is 12.1. The van der Waals surface area contributed by atoms with E-state index in [9.17, 15) is 4.79 Å². The fourth-order valence-electron chi connectivity index (χ4n) is 2.51. The highest BCUT2D eigenvalue weighted by atomic mass is 16.5. The van der Waals surface area contributed by atoms with Gasteiger partial charge in [0.15, 0.2) is 0 Å². The number of aromatic nitrogens is 2. The summed E-state index contributed by atoms with van der Waals surface area (Å²) in [5.74, 6) is 1.79. The number of carbonyl (C=O) groups excluding carboxylic acids is 1. The van der Waals surface area contributed by atoms with Crippen molar-refractivity contribution in [2.45, 2.75) is 26.2 Å². The van der Waals surface area contributed by atoms with Crippen molar-refractivity contribution < 1.29 is 14.3 Å². The number of ether oxygens (including phenoxy) is 2. The van der Waals surface area contributed by atoms with Crippen LogP contribution in [0.25, 0.3) is 0 Å². The van der Waals surface area contributed by atoms with E-state index in [1.807, 2.05) is 6.92 Å². The molecule has 0 atom stereocenters. The molecule has 2 aromatic rings. The SMILES string of the molecule is COc1c(NC(=O)C2CCC2)ccc(Oc2cccnn2)c1C. The van der Waals surface area contributed by atoms with Gasteiger partial charge in [-0.2, -0.15) is 5.10 Å². The molecule has 1 N–H and O–H groups in total. The Balaban J connectivity index is 1.82. The molecule has 0 bridgehead atoms. The first-order chi connectivity index (χ1) is 11.2. The van der Waals surface area contributed by atoms with Crippen LogP contribution >= 0.6 is 0 Å². The largest absolute Gasteiger partial charge is 0.494 e. The number of amides is 1. The number of rotatable bonds is 5. The second kappa shape index (κ2) is 6.64. The summed E-state index contributed by atoms with van der Waals surface area (Å²) in [5, 5.41) is 10.6. The summed E-state index contributed by atoms with van der Waals surface area (Å²) in [6, 6.07) is 7.06. The zero-order valence-electron chi connectivity index (χ0n) is 13.2. The number of anilines is 1. The van der Waals surface area contributed by atoms with Gasteiger partial charge in [0.1, 0.15) is 11.5 Å². The molecule has 120 valence electrons. The van der Waals surface area contributed by atoms with Crippen LogP contribution in [-0.4, -0.2) is 23.2 Å². The normalized spacial score (nSPS) is 14.0. The second-order valence-electron chi connectivity index (χ2n) is 5.55. The number of nitrogens with zero attached hydrogens (tertiary/aromatic N) is 2. The highest BCUT2D eigenvalue weighted by molar-refractivity contribution is 5.94. The van der Waals surface area contributed by atoms with Gasteiger partial charge in [0.2, 0.25) is 11.8 Å². The van der Waals surface area contributed by atoms with Crippen LogP contribution < -0.4 is 14.8 Å². The highest BCUT2D eigenvalue weighted by Gasteiger charge is 2.26. The molecule has 1 amide bonds. The predicted octanol–water partition coefficient (Wildman–Crippen LogP) is 3.32. The third-order valence-electron chi connectivity index (χ3n) is 4.06. The van der Waals surface area contributed by atoms with Gasteiger partial charge in [0.25, 0.3) is 0 Å². The van der Waals surface area contributed by atoms with Crippen LogP contribution in [0.3, 0.4) is 0 Å².